The third-order valence-electron chi connectivity index (χ3n) is 2.45. The Morgan fingerprint density at radius 3 is 2.88 bits per heavy atom. The van der Waals surface area contributed by atoms with Crippen LogP contribution in [0.5, 0.6) is 0 Å². The Bertz CT molecular complexity index is 377. The van der Waals surface area contributed by atoms with E-state index in [0.717, 1.165) is 10.7 Å². The summed E-state index contributed by atoms with van der Waals surface area (Å²) in [7, 11) is 1.45. The van der Waals surface area contributed by atoms with E-state index >= 15 is 0 Å². The molecule has 1 rings (SSSR count). The topological polar surface area (TPSA) is 98.3 Å². The number of amides is 2. The first-order valence-electron chi connectivity index (χ1n) is 5.24. The molecule has 2 amide bonds. The standard InChI is InChI=1S/C10H16N4O3/c1-7(9(15)16)14(2)10(17)13-4-3-8-11-5-6-12-8/h5-7H,3-4H2,1-2H3,(H,11,12)(H,13,17)(H,15,16). The van der Waals surface area contributed by atoms with E-state index in [0.29, 0.717) is 13.0 Å². The number of imidazole rings is 1. The first kappa shape index (κ1) is 13.0. The Morgan fingerprint density at radius 2 is 2.35 bits per heavy atom. The maximum absolute atomic E-state index is 11.5. The van der Waals surface area contributed by atoms with Crippen molar-refractivity contribution in [1.82, 2.24) is 20.2 Å². The van der Waals surface area contributed by atoms with Gasteiger partial charge in [0.25, 0.3) is 0 Å². The molecular weight excluding hydrogens is 224 g/mol. The van der Waals surface area contributed by atoms with Crippen LogP contribution in [0.1, 0.15) is 12.7 Å². The van der Waals surface area contributed by atoms with Crippen molar-refractivity contribution in [3.8, 4) is 0 Å². The van der Waals surface area contributed by atoms with Gasteiger partial charge in [-0.2, -0.15) is 0 Å². The molecule has 0 saturated carbocycles. The smallest absolute Gasteiger partial charge is 0.326 e. The molecule has 0 radical (unpaired) electrons. The van der Waals surface area contributed by atoms with E-state index in [1.165, 1.54) is 14.0 Å². The van der Waals surface area contributed by atoms with Crippen molar-refractivity contribution in [2.24, 2.45) is 0 Å². The number of carbonyl (C=O) groups excluding carboxylic acids is 1. The summed E-state index contributed by atoms with van der Waals surface area (Å²) in [5, 5.41) is 11.4. The van der Waals surface area contributed by atoms with Gasteiger partial charge in [0.2, 0.25) is 0 Å². The molecule has 0 saturated heterocycles. The van der Waals surface area contributed by atoms with E-state index in [-0.39, 0.29) is 0 Å². The van der Waals surface area contributed by atoms with Crippen LogP contribution in [0.15, 0.2) is 12.4 Å². The van der Waals surface area contributed by atoms with Crippen LogP contribution in [-0.2, 0) is 11.2 Å². The Balaban J connectivity index is 2.32. The number of carbonyl (C=O) groups is 2. The van der Waals surface area contributed by atoms with Crippen LogP contribution >= 0.6 is 0 Å². The Labute approximate surface area is 98.8 Å². The molecule has 0 aliphatic heterocycles. The number of aromatic amines is 1. The fourth-order valence-electron chi connectivity index (χ4n) is 1.19. The van der Waals surface area contributed by atoms with Crippen molar-refractivity contribution in [3.63, 3.8) is 0 Å². The van der Waals surface area contributed by atoms with Crippen molar-refractivity contribution < 1.29 is 14.7 Å². The summed E-state index contributed by atoms with van der Waals surface area (Å²) in [6.07, 6.45) is 3.92. The number of aromatic nitrogens is 2. The maximum atomic E-state index is 11.5. The van der Waals surface area contributed by atoms with Gasteiger partial charge in [-0.05, 0) is 6.92 Å². The third-order valence-corrected chi connectivity index (χ3v) is 2.45. The lowest BCUT2D eigenvalue weighted by Gasteiger charge is -2.21. The molecule has 1 aromatic heterocycles. The number of likely N-dealkylation sites (N-methyl/N-ethyl adjacent to an activating group) is 1. The second kappa shape index (κ2) is 5.88. The molecule has 1 atom stereocenters. The number of hydrogen-bond acceptors (Lipinski definition) is 3. The quantitative estimate of drug-likeness (QED) is 0.678. The maximum Gasteiger partial charge on any atom is 0.326 e. The molecule has 1 heterocycles. The minimum atomic E-state index is -1.03. The number of nitrogens with zero attached hydrogens (tertiary/aromatic N) is 2. The van der Waals surface area contributed by atoms with Gasteiger partial charge in [0, 0.05) is 32.4 Å². The van der Waals surface area contributed by atoms with Gasteiger partial charge in [-0.3, -0.25) is 0 Å². The molecule has 0 aromatic carbocycles. The number of carboxylic acid groups (broad SMARTS) is 1. The van der Waals surface area contributed by atoms with Crippen LogP contribution in [0.2, 0.25) is 0 Å². The molecule has 0 fully saturated rings. The second-order valence-corrected chi connectivity index (χ2v) is 3.64. The number of urea groups is 1. The van der Waals surface area contributed by atoms with Gasteiger partial charge in [0.15, 0.2) is 0 Å². The van der Waals surface area contributed by atoms with Gasteiger partial charge in [-0.15, -0.1) is 0 Å². The molecular formula is C10H16N4O3. The van der Waals surface area contributed by atoms with Crippen molar-refractivity contribution >= 4 is 12.0 Å². The molecule has 1 aromatic rings. The van der Waals surface area contributed by atoms with Gasteiger partial charge in [-0.1, -0.05) is 0 Å². The van der Waals surface area contributed by atoms with Crippen molar-refractivity contribution in [2.75, 3.05) is 13.6 Å². The fourth-order valence-corrected chi connectivity index (χ4v) is 1.19. The Kier molecular flexibility index (Phi) is 4.50. The lowest BCUT2D eigenvalue weighted by atomic mass is 10.3. The van der Waals surface area contributed by atoms with Crippen molar-refractivity contribution in [2.45, 2.75) is 19.4 Å². The monoisotopic (exact) mass is 240 g/mol. The number of nitrogens with one attached hydrogen (secondary N) is 2. The molecule has 7 nitrogen and oxygen atoms in total. The summed E-state index contributed by atoms with van der Waals surface area (Å²) in [4.78, 5) is 30.3. The Morgan fingerprint density at radius 1 is 1.65 bits per heavy atom. The van der Waals surface area contributed by atoms with Crippen LogP contribution in [0.4, 0.5) is 4.79 Å². The Hall–Kier alpha value is -2.05. The van der Waals surface area contributed by atoms with E-state index in [4.69, 9.17) is 5.11 Å². The molecule has 94 valence electrons. The van der Waals surface area contributed by atoms with Gasteiger partial charge in [0.1, 0.15) is 11.9 Å². The molecule has 1 unspecified atom stereocenters. The van der Waals surface area contributed by atoms with Crippen LogP contribution < -0.4 is 5.32 Å². The highest BCUT2D eigenvalue weighted by Gasteiger charge is 2.20. The largest absolute Gasteiger partial charge is 0.480 e. The van der Waals surface area contributed by atoms with E-state index in [1.54, 1.807) is 12.4 Å². The highest BCUT2D eigenvalue weighted by atomic mass is 16.4. The van der Waals surface area contributed by atoms with Gasteiger partial charge in [0.05, 0.1) is 0 Å². The predicted molar refractivity (Wildman–Crippen MR) is 60.6 cm³/mol. The van der Waals surface area contributed by atoms with Gasteiger partial charge < -0.3 is 20.3 Å². The molecule has 7 heteroatoms. The van der Waals surface area contributed by atoms with E-state index in [2.05, 4.69) is 15.3 Å². The lowest BCUT2D eigenvalue weighted by Crippen LogP contribution is -2.46. The molecule has 0 aliphatic rings. The molecule has 3 N–H and O–H groups in total. The summed E-state index contributed by atoms with van der Waals surface area (Å²) in [6.45, 7) is 1.86. The zero-order valence-corrected chi connectivity index (χ0v) is 9.80. The van der Waals surface area contributed by atoms with Gasteiger partial charge >= 0.3 is 12.0 Å². The zero-order valence-electron chi connectivity index (χ0n) is 9.80. The highest BCUT2D eigenvalue weighted by Crippen LogP contribution is 1.96. The zero-order chi connectivity index (χ0) is 12.8. The third kappa shape index (κ3) is 3.78. The van der Waals surface area contributed by atoms with Crippen LogP contribution in [0.3, 0.4) is 0 Å². The van der Waals surface area contributed by atoms with Crippen LogP contribution in [0, 0.1) is 0 Å². The number of H-pyrrole nitrogens is 1. The predicted octanol–water partition coefficient (Wildman–Crippen LogP) is 0.0667. The number of hydrogen-bond donors (Lipinski definition) is 3. The van der Waals surface area contributed by atoms with Gasteiger partial charge in [-0.25, -0.2) is 14.6 Å². The van der Waals surface area contributed by atoms with Crippen molar-refractivity contribution in [3.05, 3.63) is 18.2 Å². The minimum absolute atomic E-state index is 0.406. The van der Waals surface area contributed by atoms with Crippen molar-refractivity contribution in [1.29, 1.82) is 0 Å². The van der Waals surface area contributed by atoms with E-state index in [1.807, 2.05) is 0 Å². The average Bonchev–Trinajstić information content (AvgIpc) is 2.79. The van der Waals surface area contributed by atoms with Crippen LogP contribution in [0.25, 0.3) is 0 Å². The number of rotatable bonds is 5. The average molecular weight is 240 g/mol. The summed E-state index contributed by atoms with van der Waals surface area (Å²) >= 11 is 0. The number of aliphatic carboxylic acids is 1. The summed E-state index contributed by atoms with van der Waals surface area (Å²) in [5.41, 5.74) is 0. The second-order valence-electron chi connectivity index (χ2n) is 3.64. The molecule has 0 spiro atoms. The molecule has 0 bridgehead atoms. The first-order chi connectivity index (χ1) is 8.02. The van der Waals surface area contributed by atoms with E-state index < -0.39 is 18.0 Å². The highest BCUT2D eigenvalue weighted by molar-refractivity contribution is 5.82. The first-order valence-corrected chi connectivity index (χ1v) is 5.24. The summed E-state index contributed by atoms with van der Waals surface area (Å²) in [5.74, 6) is -0.257. The van der Waals surface area contributed by atoms with E-state index in [9.17, 15) is 9.59 Å². The normalized spacial score (nSPS) is 11.9. The number of carboxylic acids is 1. The SMILES string of the molecule is CC(C(=O)O)N(C)C(=O)NCCc1ncc[nH]1. The summed E-state index contributed by atoms with van der Waals surface area (Å²) < 4.78 is 0. The minimum Gasteiger partial charge on any atom is -0.480 e. The van der Waals surface area contributed by atoms with Crippen LogP contribution in [-0.4, -0.2) is 51.6 Å². The fraction of sp³-hybridized carbons (Fsp3) is 0.500. The molecule has 17 heavy (non-hydrogen) atoms. The lowest BCUT2D eigenvalue weighted by molar-refractivity contribution is -0.141. The summed E-state index contributed by atoms with van der Waals surface area (Å²) in [6, 6.07) is -1.26. The molecule has 0 aliphatic carbocycles.